The molecule has 1 aromatic heterocycles. The van der Waals surface area contributed by atoms with Crippen LogP contribution in [-0.2, 0) is 19.4 Å². The molecule has 5 nitrogen and oxygen atoms in total. The van der Waals surface area contributed by atoms with Gasteiger partial charge in [-0.05, 0) is 30.0 Å². The highest BCUT2D eigenvalue weighted by Gasteiger charge is 2.14. The smallest absolute Gasteiger partial charge is 0.138 e. The summed E-state index contributed by atoms with van der Waals surface area (Å²) in [6.45, 7) is 5.12. The quantitative estimate of drug-likeness (QED) is 0.602. The number of rotatable bonds is 7. The Morgan fingerprint density at radius 2 is 1.95 bits per heavy atom. The SMILES string of the molecule is CC(C)Cn1ncnc1CC(Cc1ccc(F)cc1)NN. The lowest BCUT2D eigenvalue weighted by atomic mass is 10.0. The summed E-state index contributed by atoms with van der Waals surface area (Å²) >= 11 is 0. The number of benzene rings is 1. The van der Waals surface area contributed by atoms with Crippen molar-refractivity contribution in [3.05, 3.63) is 47.8 Å². The minimum absolute atomic E-state index is 0.0329. The third kappa shape index (κ3) is 4.61. The molecule has 114 valence electrons. The van der Waals surface area contributed by atoms with E-state index in [-0.39, 0.29) is 11.9 Å². The van der Waals surface area contributed by atoms with E-state index in [9.17, 15) is 4.39 Å². The number of nitrogens with two attached hydrogens (primary N) is 1. The molecule has 1 atom stereocenters. The zero-order valence-corrected chi connectivity index (χ0v) is 12.5. The van der Waals surface area contributed by atoms with E-state index in [4.69, 9.17) is 5.84 Å². The minimum atomic E-state index is -0.229. The van der Waals surface area contributed by atoms with Crippen molar-refractivity contribution in [3.63, 3.8) is 0 Å². The molecule has 3 N–H and O–H groups in total. The summed E-state index contributed by atoms with van der Waals surface area (Å²) in [5.41, 5.74) is 3.85. The second-order valence-corrected chi connectivity index (χ2v) is 5.65. The summed E-state index contributed by atoms with van der Waals surface area (Å²) < 4.78 is 14.8. The van der Waals surface area contributed by atoms with Gasteiger partial charge in [-0.3, -0.25) is 11.3 Å². The minimum Gasteiger partial charge on any atom is -0.271 e. The largest absolute Gasteiger partial charge is 0.271 e. The molecule has 2 aromatic rings. The summed E-state index contributed by atoms with van der Waals surface area (Å²) in [5.74, 6) is 6.83. The van der Waals surface area contributed by atoms with Gasteiger partial charge in [0.2, 0.25) is 0 Å². The lowest BCUT2D eigenvalue weighted by Gasteiger charge is -2.16. The summed E-state index contributed by atoms with van der Waals surface area (Å²) in [7, 11) is 0. The number of nitrogens with one attached hydrogen (secondary N) is 1. The predicted molar refractivity (Wildman–Crippen MR) is 79.8 cm³/mol. The molecule has 0 spiro atoms. The Labute approximate surface area is 124 Å². The van der Waals surface area contributed by atoms with Crippen molar-refractivity contribution < 1.29 is 4.39 Å². The molecule has 1 heterocycles. The van der Waals surface area contributed by atoms with Crippen LogP contribution < -0.4 is 11.3 Å². The van der Waals surface area contributed by atoms with Crippen LogP contribution in [0.1, 0.15) is 25.2 Å². The predicted octanol–water partition coefficient (Wildman–Crippen LogP) is 1.69. The molecule has 0 radical (unpaired) electrons. The third-order valence-electron chi connectivity index (χ3n) is 3.29. The van der Waals surface area contributed by atoms with Gasteiger partial charge in [0.15, 0.2) is 0 Å². The fourth-order valence-corrected chi connectivity index (χ4v) is 2.26. The summed E-state index contributed by atoms with van der Waals surface area (Å²) in [6.07, 6.45) is 2.97. The summed E-state index contributed by atoms with van der Waals surface area (Å²) in [6, 6.07) is 6.51. The first kappa shape index (κ1) is 15.6. The molecule has 0 bridgehead atoms. The Hall–Kier alpha value is -1.79. The Morgan fingerprint density at radius 3 is 2.57 bits per heavy atom. The molecule has 2 rings (SSSR count). The van der Waals surface area contributed by atoms with E-state index in [2.05, 4.69) is 29.4 Å². The van der Waals surface area contributed by atoms with Gasteiger partial charge in [0, 0.05) is 19.0 Å². The van der Waals surface area contributed by atoms with Crippen molar-refractivity contribution in [2.75, 3.05) is 0 Å². The first-order chi connectivity index (χ1) is 10.1. The van der Waals surface area contributed by atoms with Gasteiger partial charge in [-0.15, -0.1) is 0 Å². The molecule has 0 aliphatic rings. The van der Waals surface area contributed by atoms with Crippen molar-refractivity contribution in [2.45, 2.75) is 39.3 Å². The monoisotopic (exact) mass is 291 g/mol. The zero-order valence-electron chi connectivity index (χ0n) is 12.5. The van der Waals surface area contributed by atoms with Gasteiger partial charge in [-0.1, -0.05) is 26.0 Å². The van der Waals surface area contributed by atoms with Crippen molar-refractivity contribution in [1.29, 1.82) is 0 Å². The highest BCUT2D eigenvalue weighted by molar-refractivity contribution is 5.17. The molecular formula is C15H22FN5. The lowest BCUT2D eigenvalue weighted by molar-refractivity contribution is 0.441. The van der Waals surface area contributed by atoms with Crippen LogP contribution in [0.3, 0.4) is 0 Å². The second kappa shape index (κ2) is 7.28. The Balaban J connectivity index is 2.02. The Morgan fingerprint density at radius 1 is 1.24 bits per heavy atom. The summed E-state index contributed by atoms with van der Waals surface area (Å²) in [4.78, 5) is 4.31. The maximum atomic E-state index is 12.9. The van der Waals surface area contributed by atoms with Crippen molar-refractivity contribution >= 4 is 0 Å². The fraction of sp³-hybridized carbons (Fsp3) is 0.467. The lowest BCUT2D eigenvalue weighted by Crippen LogP contribution is -2.39. The molecule has 1 unspecified atom stereocenters. The van der Waals surface area contributed by atoms with Crippen molar-refractivity contribution in [1.82, 2.24) is 20.2 Å². The molecule has 0 aliphatic carbocycles. The standard InChI is InChI=1S/C15H22FN5/c1-11(2)9-21-15(18-10-19-21)8-14(20-17)7-12-3-5-13(16)6-4-12/h3-6,10-11,14,20H,7-9,17H2,1-2H3. The average Bonchev–Trinajstić information content (AvgIpc) is 2.87. The number of hydrogen-bond acceptors (Lipinski definition) is 4. The highest BCUT2D eigenvalue weighted by atomic mass is 19.1. The number of nitrogens with zero attached hydrogens (tertiary/aromatic N) is 3. The zero-order chi connectivity index (χ0) is 15.2. The first-order valence-electron chi connectivity index (χ1n) is 7.15. The van der Waals surface area contributed by atoms with Gasteiger partial charge in [0.25, 0.3) is 0 Å². The molecule has 6 heteroatoms. The van der Waals surface area contributed by atoms with E-state index >= 15 is 0 Å². The molecule has 0 fully saturated rings. The molecule has 21 heavy (non-hydrogen) atoms. The number of halogens is 1. The summed E-state index contributed by atoms with van der Waals surface area (Å²) in [5, 5.41) is 4.25. The van der Waals surface area contributed by atoms with E-state index in [1.165, 1.54) is 12.1 Å². The number of hydrogen-bond donors (Lipinski definition) is 2. The van der Waals surface area contributed by atoms with E-state index < -0.39 is 0 Å². The average molecular weight is 291 g/mol. The van der Waals surface area contributed by atoms with Gasteiger partial charge in [0.1, 0.15) is 18.0 Å². The molecule has 0 saturated heterocycles. The third-order valence-corrected chi connectivity index (χ3v) is 3.29. The maximum Gasteiger partial charge on any atom is 0.138 e. The van der Waals surface area contributed by atoms with Crippen molar-refractivity contribution in [2.24, 2.45) is 11.8 Å². The molecular weight excluding hydrogens is 269 g/mol. The second-order valence-electron chi connectivity index (χ2n) is 5.65. The van der Waals surface area contributed by atoms with Crippen LogP contribution in [0, 0.1) is 11.7 Å². The van der Waals surface area contributed by atoms with Crippen LogP contribution in [0.5, 0.6) is 0 Å². The molecule has 1 aromatic carbocycles. The normalized spacial score (nSPS) is 12.8. The molecule has 0 saturated carbocycles. The van der Waals surface area contributed by atoms with Crippen LogP contribution in [0.25, 0.3) is 0 Å². The maximum absolute atomic E-state index is 12.9. The highest BCUT2D eigenvalue weighted by Crippen LogP contribution is 2.09. The number of hydrazine groups is 1. The van der Waals surface area contributed by atoms with Gasteiger partial charge in [0.05, 0.1) is 0 Å². The van der Waals surface area contributed by atoms with Crippen molar-refractivity contribution in [3.8, 4) is 0 Å². The van der Waals surface area contributed by atoms with E-state index in [1.54, 1.807) is 18.5 Å². The van der Waals surface area contributed by atoms with Crippen LogP contribution >= 0.6 is 0 Å². The first-order valence-corrected chi connectivity index (χ1v) is 7.15. The van der Waals surface area contributed by atoms with Gasteiger partial charge >= 0.3 is 0 Å². The fourth-order valence-electron chi connectivity index (χ4n) is 2.26. The van der Waals surface area contributed by atoms with E-state index in [1.807, 2.05) is 4.68 Å². The molecule has 0 aliphatic heterocycles. The van der Waals surface area contributed by atoms with E-state index in [0.717, 1.165) is 17.9 Å². The Kier molecular flexibility index (Phi) is 5.41. The van der Waals surface area contributed by atoms with Gasteiger partial charge in [-0.25, -0.2) is 14.1 Å². The number of aromatic nitrogens is 3. The topological polar surface area (TPSA) is 68.8 Å². The Bertz CT molecular complexity index is 549. The van der Waals surface area contributed by atoms with Crippen LogP contribution in [0.4, 0.5) is 4.39 Å². The van der Waals surface area contributed by atoms with Crippen LogP contribution in [0.15, 0.2) is 30.6 Å². The van der Waals surface area contributed by atoms with Crippen LogP contribution in [0.2, 0.25) is 0 Å². The van der Waals surface area contributed by atoms with Crippen LogP contribution in [-0.4, -0.2) is 20.8 Å². The van der Waals surface area contributed by atoms with Gasteiger partial charge in [-0.2, -0.15) is 5.10 Å². The van der Waals surface area contributed by atoms with Gasteiger partial charge < -0.3 is 0 Å². The molecule has 0 amide bonds. The van der Waals surface area contributed by atoms with E-state index in [0.29, 0.717) is 18.8 Å².